The van der Waals surface area contributed by atoms with Crippen molar-refractivity contribution in [3.8, 4) is 0 Å². The molecule has 0 unspecified atom stereocenters. The Bertz CT molecular complexity index is 1310. The molecule has 32 heavy (non-hydrogen) atoms. The Morgan fingerprint density at radius 1 is 1.16 bits per heavy atom. The number of amides is 1. The summed E-state index contributed by atoms with van der Waals surface area (Å²) < 4.78 is 3.33. The van der Waals surface area contributed by atoms with Gasteiger partial charge >= 0.3 is 0 Å². The van der Waals surface area contributed by atoms with Gasteiger partial charge in [-0.15, -0.1) is 11.3 Å². The summed E-state index contributed by atoms with van der Waals surface area (Å²) in [5, 5.41) is 7.83. The summed E-state index contributed by atoms with van der Waals surface area (Å²) in [5.74, 6) is -0.0916. The average Bonchev–Trinajstić information content (AvgIpc) is 3.45. The Morgan fingerprint density at radius 2 is 2.03 bits per heavy atom. The standard InChI is InChI=1S/C23H24N6O2S/c30-20(25-11-16-4-3-5-17(10-16)12-29-14-24-13-27-29)8-9-28-15-26-22-21(23(28)31)18-6-1-2-7-19(18)32-22/h3-5,10,13-15H,1-2,6-9,11-12H2,(H,25,30). The van der Waals surface area contributed by atoms with Crippen molar-refractivity contribution in [3.63, 3.8) is 0 Å². The molecule has 0 saturated heterocycles. The maximum absolute atomic E-state index is 13.0. The van der Waals surface area contributed by atoms with E-state index in [9.17, 15) is 9.59 Å². The third-order valence-corrected chi connectivity index (χ3v) is 7.01. The van der Waals surface area contributed by atoms with Gasteiger partial charge in [0, 0.05) is 24.4 Å². The maximum Gasteiger partial charge on any atom is 0.262 e. The van der Waals surface area contributed by atoms with E-state index in [0.717, 1.165) is 40.6 Å². The molecule has 0 radical (unpaired) electrons. The van der Waals surface area contributed by atoms with E-state index in [1.165, 1.54) is 23.2 Å². The highest BCUT2D eigenvalue weighted by Crippen LogP contribution is 2.33. The lowest BCUT2D eigenvalue weighted by Gasteiger charge is -2.11. The minimum atomic E-state index is -0.0916. The fourth-order valence-electron chi connectivity index (χ4n) is 4.19. The van der Waals surface area contributed by atoms with Crippen LogP contribution < -0.4 is 10.9 Å². The fraction of sp³-hybridized carbons (Fsp3) is 0.348. The van der Waals surface area contributed by atoms with Crippen molar-refractivity contribution in [2.45, 2.75) is 51.7 Å². The van der Waals surface area contributed by atoms with Gasteiger partial charge in [-0.1, -0.05) is 24.3 Å². The highest BCUT2D eigenvalue weighted by Gasteiger charge is 2.20. The van der Waals surface area contributed by atoms with Crippen molar-refractivity contribution in [1.29, 1.82) is 0 Å². The molecule has 1 amide bonds. The van der Waals surface area contributed by atoms with Crippen molar-refractivity contribution < 1.29 is 4.79 Å². The van der Waals surface area contributed by atoms with Crippen molar-refractivity contribution in [1.82, 2.24) is 29.6 Å². The molecule has 3 aromatic heterocycles. The lowest BCUT2D eigenvalue weighted by atomic mass is 9.97. The Morgan fingerprint density at radius 3 is 2.91 bits per heavy atom. The van der Waals surface area contributed by atoms with Crippen molar-refractivity contribution in [2.75, 3.05) is 0 Å². The van der Waals surface area contributed by atoms with E-state index < -0.39 is 0 Å². The number of hydrogen-bond acceptors (Lipinski definition) is 6. The van der Waals surface area contributed by atoms with Crippen LogP contribution in [-0.2, 0) is 37.3 Å². The summed E-state index contributed by atoms with van der Waals surface area (Å²) >= 11 is 1.64. The fourth-order valence-corrected chi connectivity index (χ4v) is 5.41. The minimum Gasteiger partial charge on any atom is -0.352 e. The monoisotopic (exact) mass is 448 g/mol. The third-order valence-electron chi connectivity index (χ3n) is 5.81. The maximum atomic E-state index is 13.0. The van der Waals surface area contributed by atoms with Crippen LogP contribution in [0.2, 0.25) is 0 Å². The van der Waals surface area contributed by atoms with E-state index in [1.807, 2.05) is 24.3 Å². The lowest BCUT2D eigenvalue weighted by molar-refractivity contribution is -0.121. The van der Waals surface area contributed by atoms with Gasteiger partial charge in [0.1, 0.15) is 17.5 Å². The van der Waals surface area contributed by atoms with E-state index in [0.29, 0.717) is 19.6 Å². The number of aryl methyl sites for hydroxylation is 3. The second kappa shape index (κ2) is 9.04. The van der Waals surface area contributed by atoms with E-state index in [4.69, 9.17) is 0 Å². The van der Waals surface area contributed by atoms with Gasteiger partial charge in [-0.05, 0) is 42.4 Å². The smallest absolute Gasteiger partial charge is 0.262 e. The first-order chi connectivity index (χ1) is 15.7. The number of fused-ring (bicyclic) bond motifs is 3. The highest BCUT2D eigenvalue weighted by atomic mass is 32.1. The molecule has 0 saturated carbocycles. The summed E-state index contributed by atoms with van der Waals surface area (Å²) in [6.45, 7) is 1.39. The van der Waals surface area contributed by atoms with Crippen molar-refractivity contribution in [3.05, 3.63) is 75.2 Å². The number of benzene rings is 1. The number of aromatic nitrogens is 5. The predicted octanol–water partition coefficient (Wildman–Crippen LogP) is 2.68. The summed E-state index contributed by atoms with van der Waals surface area (Å²) in [5.41, 5.74) is 3.26. The Kier molecular flexibility index (Phi) is 5.81. The van der Waals surface area contributed by atoms with Crippen LogP contribution in [0.5, 0.6) is 0 Å². The van der Waals surface area contributed by atoms with Gasteiger partial charge in [-0.2, -0.15) is 5.10 Å². The summed E-state index contributed by atoms with van der Waals surface area (Å²) in [6, 6.07) is 8.01. The number of carbonyl (C=O) groups is 1. The topological polar surface area (TPSA) is 94.7 Å². The number of hydrogen-bond donors (Lipinski definition) is 1. The molecule has 1 aliphatic carbocycles. The molecule has 3 heterocycles. The van der Waals surface area contributed by atoms with Gasteiger partial charge in [0.05, 0.1) is 18.3 Å². The number of nitrogens with zero attached hydrogens (tertiary/aromatic N) is 5. The van der Waals surface area contributed by atoms with E-state index in [-0.39, 0.29) is 17.9 Å². The minimum absolute atomic E-state index is 0.0250. The molecule has 1 aromatic carbocycles. The number of rotatable bonds is 7. The second-order valence-corrected chi connectivity index (χ2v) is 9.16. The van der Waals surface area contributed by atoms with Crippen molar-refractivity contribution >= 4 is 27.5 Å². The average molecular weight is 449 g/mol. The normalized spacial score (nSPS) is 13.2. The SMILES string of the molecule is O=C(CCn1cnc2sc3c(c2c1=O)CCCC3)NCc1cccc(Cn2cncn2)c1. The number of nitrogens with one attached hydrogen (secondary N) is 1. The first-order valence-electron chi connectivity index (χ1n) is 10.8. The van der Waals surface area contributed by atoms with Crippen LogP contribution in [0, 0.1) is 0 Å². The first kappa shape index (κ1) is 20.6. The highest BCUT2D eigenvalue weighted by molar-refractivity contribution is 7.18. The van der Waals surface area contributed by atoms with Gasteiger partial charge in [-0.3, -0.25) is 14.2 Å². The predicted molar refractivity (Wildman–Crippen MR) is 123 cm³/mol. The van der Waals surface area contributed by atoms with Crippen LogP contribution in [-0.4, -0.2) is 30.2 Å². The van der Waals surface area contributed by atoms with Gasteiger partial charge in [0.2, 0.25) is 5.91 Å². The van der Waals surface area contributed by atoms with Crippen molar-refractivity contribution in [2.24, 2.45) is 0 Å². The molecule has 0 bridgehead atoms. The molecule has 4 aromatic rings. The van der Waals surface area contributed by atoms with Crippen LogP contribution in [0.15, 0.2) is 48.0 Å². The van der Waals surface area contributed by atoms with Gasteiger partial charge < -0.3 is 5.32 Å². The van der Waals surface area contributed by atoms with Crippen LogP contribution in [0.1, 0.15) is 40.8 Å². The molecule has 1 N–H and O–H groups in total. The molecule has 1 aliphatic rings. The van der Waals surface area contributed by atoms with Gasteiger partial charge in [0.25, 0.3) is 5.56 Å². The van der Waals surface area contributed by atoms with Crippen LogP contribution in [0.25, 0.3) is 10.2 Å². The zero-order valence-electron chi connectivity index (χ0n) is 17.7. The molecule has 0 spiro atoms. The molecule has 0 aliphatic heterocycles. The van der Waals surface area contributed by atoms with E-state index in [1.54, 1.807) is 33.2 Å². The molecule has 5 rings (SSSR count). The van der Waals surface area contributed by atoms with Gasteiger partial charge in [-0.25, -0.2) is 14.6 Å². The second-order valence-electron chi connectivity index (χ2n) is 8.07. The Hall–Kier alpha value is -3.33. The summed E-state index contributed by atoms with van der Waals surface area (Å²) in [6.07, 6.45) is 9.29. The van der Waals surface area contributed by atoms with Gasteiger partial charge in [0.15, 0.2) is 0 Å². The Labute approximate surface area is 188 Å². The first-order valence-corrected chi connectivity index (χ1v) is 11.7. The molecular formula is C23H24N6O2S. The Balaban J connectivity index is 1.20. The zero-order chi connectivity index (χ0) is 21.9. The van der Waals surface area contributed by atoms with Crippen LogP contribution >= 0.6 is 11.3 Å². The number of carbonyl (C=O) groups excluding carboxylic acids is 1. The molecule has 0 fully saturated rings. The van der Waals surface area contributed by atoms with E-state index in [2.05, 4.69) is 20.4 Å². The largest absolute Gasteiger partial charge is 0.352 e. The third kappa shape index (κ3) is 4.34. The number of thiophene rings is 1. The van der Waals surface area contributed by atoms with E-state index >= 15 is 0 Å². The summed E-state index contributed by atoms with van der Waals surface area (Å²) in [7, 11) is 0. The molecule has 164 valence electrons. The quantitative estimate of drug-likeness (QED) is 0.469. The molecule has 9 heteroatoms. The summed E-state index contributed by atoms with van der Waals surface area (Å²) in [4.78, 5) is 36.0. The lowest BCUT2D eigenvalue weighted by Crippen LogP contribution is -2.27. The van der Waals surface area contributed by atoms with Crippen LogP contribution in [0.4, 0.5) is 0 Å². The molecule has 0 atom stereocenters. The van der Waals surface area contributed by atoms with Crippen LogP contribution in [0.3, 0.4) is 0 Å². The molecule has 8 nitrogen and oxygen atoms in total. The molecular weight excluding hydrogens is 424 g/mol. The zero-order valence-corrected chi connectivity index (χ0v) is 18.5.